The van der Waals surface area contributed by atoms with Crippen LogP contribution in [-0.4, -0.2) is 42.2 Å². The Bertz CT molecular complexity index is 1670. The molecular weight excluding hydrogens is 656 g/mol. The Labute approximate surface area is 305 Å². The second kappa shape index (κ2) is 17.6. The molecule has 248 valence electrons. The number of carbonyl (C=O) groups is 2. The molecule has 0 heterocycles. The normalized spacial score (nSPS) is 12.1. The molecule has 4 rings (SSSR count). The Hall–Kier alpha value is -3.70. The minimum atomic E-state index is -1.64. The molecule has 0 radical (unpaired) electrons. The van der Waals surface area contributed by atoms with Crippen molar-refractivity contribution in [2.75, 3.05) is 25.0 Å². The SMILES string of the molecule is CC(C)c1ccc(OC(C)(Cc2ccc(OCCN(CCc3c(F)cccc3Cl)C(=O)Nc3ccc(F)cc3F)cc2)C(=O)[O-])cc1.[Na+]. The summed E-state index contributed by atoms with van der Waals surface area (Å²) in [6.07, 6.45) is 0.0920. The van der Waals surface area contributed by atoms with Gasteiger partial charge >= 0.3 is 35.6 Å². The van der Waals surface area contributed by atoms with Gasteiger partial charge in [-0.3, -0.25) is 0 Å². The van der Waals surface area contributed by atoms with Gasteiger partial charge in [0.15, 0.2) is 0 Å². The maximum atomic E-state index is 14.4. The van der Waals surface area contributed by atoms with Gasteiger partial charge in [-0.2, -0.15) is 0 Å². The monoisotopic (exact) mass is 690 g/mol. The van der Waals surface area contributed by atoms with Gasteiger partial charge in [0.25, 0.3) is 0 Å². The number of urea groups is 1. The van der Waals surface area contributed by atoms with Gasteiger partial charge in [0.05, 0.1) is 18.2 Å². The number of hydrogen-bond acceptors (Lipinski definition) is 5. The van der Waals surface area contributed by atoms with E-state index in [9.17, 15) is 27.9 Å². The van der Waals surface area contributed by atoms with Crippen LogP contribution in [0.3, 0.4) is 0 Å². The Morgan fingerprint density at radius 3 is 2.19 bits per heavy atom. The molecule has 0 bridgehead atoms. The van der Waals surface area contributed by atoms with E-state index in [0.717, 1.165) is 17.7 Å². The Balaban J connectivity index is 0.00000625. The summed E-state index contributed by atoms with van der Waals surface area (Å²) in [5.41, 5.74) is 0.120. The molecule has 0 aliphatic heterocycles. The Morgan fingerprint density at radius 2 is 1.58 bits per heavy atom. The first-order chi connectivity index (χ1) is 22.3. The van der Waals surface area contributed by atoms with Gasteiger partial charge in [-0.05, 0) is 78.9 Å². The number of nitrogens with one attached hydrogen (secondary N) is 1. The predicted octanol–water partition coefficient (Wildman–Crippen LogP) is 4.17. The maximum Gasteiger partial charge on any atom is 1.00 e. The van der Waals surface area contributed by atoms with Gasteiger partial charge < -0.3 is 29.6 Å². The quantitative estimate of drug-likeness (QED) is 0.201. The number of carbonyl (C=O) groups excluding carboxylic acids is 2. The maximum absolute atomic E-state index is 14.4. The molecule has 1 unspecified atom stereocenters. The largest absolute Gasteiger partial charge is 1.00 e. The standard InChI is InChI=1S/C36H36ClF3N2O5.Na/c1-23(2)25-9-14-28(15-10-25)47-36(3,34(43)44)22-24-7-12-27(13-8-24)46-20-19-42(18-17-29-30(37)5-4-6-31(29)39)35(45)41-33-16-11-26(38)21-32(33)40;/h4-16,21,23H,17-20,22H2,1-3H3,(H,41,45)(H,43,44);/q;+1/p-1. The molecule has 2 amide bonds. The van der Waals surface area contributed by atoms with Gasteiger partial charge in [0, 0.05) is 29.6 Å². The van der Waals surface area contributed by atoms with E-state index in [1.54, 1.807) is 36.4 Å². The average molecular weight is 691 g/mol. The van der Waals surface area contributed by atoms with Crippen molar-refractivity contribution in [3.63, 3.8) is 0 Å². The van der Waals surface area contributed by atoms with E-state index in [-0.39, 0.29) is 78.4 Å². The van der Waals surface area contributed by atoms with E-state index >= 15 is 0 Å². The summed E-state index contributed by atoms with van der Waals surface area (Å²) in [6.45, 7) is 5.62. The topological polar surface area (TPSA) is 90.9 Å². The zero-order chi connectivity index (χ0) is 34.1. The second-order valence-corrected chi connectivity index (χ2v) is 11.9. The van der Waals surface area contributed by atoms with Crippen molar-refractivity contribution >= 4 is 29.3 Å². The van der Waals surface area contributed by atoms with Crippen molar-refractivity contribution in [2.24, 2.45) is 0 Å². The van der Waals surface area contributed by atoms with Crippen molar-refractivity contribution < 1.29 is 66.9 Å². The zero-order valence-electron chi connectivity index (χ0n) is 27.2. The van der Waals surface area contributed by atoms with Crippen molar-refractivity contribution in [1.82, 2.24) is 4.90 Å². The summed E-state index contributed by atoms with van der Waals surface area (Å²) in [5, 5.41) is 14.7. The Morgan fingerprint density at radius 1 is 0.917 bits per heavy atom. The van der Waals surface area contributed by atoms with Crippen LogP contribution < -0.4 is 49.5 Å². The van der Waals surface area contributed by atoms with Crippen LogP contribution in [0.15, 0.2) is 84.9 Å². The van der Waals surface area contributed by atoms with Crippen LogP contribution >= 0.6 is 11.6 Å². The molecule has 1 N–H and O–H groups in total. The fraction of sp³-hybridized carbons (Fsp3) is 0.278. The number of rotatable bonds is 14. The fourth-order valence-corrected chi connectivity index (χ4v) is 5.07. The molecule has 0 saturated heterocycles. The number of amides is 2. The Kier molecular flexibility index (Phi) is 14.2. The molecule has 12 heteroatoms. The number of hydrogen-bond donors (Lipinski definition) is 1. The van der Waals surface area contributed by atoms with E-state index in [0.29, 0.717) is 29.0 Å². The van der Waals surface area contributed by atoms with E-state index in [1.165, 1.54) is 30.0 Å². The average Bonchev–Trinajstić information content (AvgIpc) is 3.02. The summed E-state index contributed by atoms with van der Waals surface area (Å²) in [5.74, 6) is -2.45. The summed E-state index contributed by atoms with van der Waals surface area (Å²) in [7, 11) is 0. The van der Waals surface area contributed by atoms with Crippen LogP contribution in [0.25, 0.3) is 0 Å². The summed E-state index contributed by atoms with van der Waals surface area (Å²) < 4.78 is 53.7. The number of halogens is 4. The molecule has 48 heavy (non-hydrogen) atoms. The van der Waals surface area contributed by atoms with E-state index in [1.807, 2.05) is 12.1 Å². The van der Waals surface area contributed by atoms with Crippen LogP contribution in [0.5, 0.6) is 11.5 Å². The minimum absolute atomic E-state index is 0. The predicted molar refractivity (Wildman–Crippen MR) is 172 cm³/mol. The zero-order valence-corrected chi connectivity index (χ0v) is 30.0. The van der Waals surface area contributed by atoms with Gasteiger partial charge in [-0.15, -0.1) is 0 Å². The number of aliphatic carboxylic acids is 1. The summed E-state index contributed by atoms with van der Waals surface area (Å²) in [6, 6.07) is 20.3. The molecular formula is C36H35ClF3N2NaO5. The number of benzene rings is 4. The third kappa shape index (κ3) is 10.7. The first-order valence-corrected chi connectivity index (χ1v) is 15.4. The van der Waals surface area contributed by atoms with Crippen LogP contribution in [0, 0.1) is 17.5 Å². The minimum Gasteiger partial charge on any atom is -0.546 e. The molecule has 4 aromatic rings. The molecule has 1 atom stereocenters. The van der Waals surface area contributed by atoms with E-state index < -0.39 is 35.1 Å². The molecule has 0 fully saturated rings. The molecule has 0 aromatic heterocycles. The first kappa shape index (κ1) is 38.7. The number of anilines is 1. The number of nitrogens with zero attached hydrogens (tertiary/aromatic N) is 1. The van der Waals surface area contributed by atoms with Gasteiger partial charge in [0.2, 0.25) is 0 Å². The number of carboxylic acid groups (broad SMARTS) is 1. The summed E-state index contributed by atoms with van der Waals surface area (Å²) >= 11 is 6.16. The van der Waals surface area contributed by atoms with Gasteiger partial charge in [-0.25, -0.2) is 18.0 Å². The molecule has 0 spiro atoms. The first-order valence-electron chi connectivity index (χ1n) is 15.0. The van der Waals surface area contributed by atoms with Crippen LogP contribution in [0.1, 0.15) is 43.4 Å². The summed E-state index contributed by atoms with van der Waals surface area (Å²) in [4.78, 5) is 26.5. The third-order valence-corrected chi connectivity index (χ3v) is 7.92. The van der Waals surface area contributed by atoms with Crippen molar-refractivity contribution in [1.29, 1.82) is 0 Å². The molecule has 0 aliphatic rings. The van der Waals surface area contributed by atoms with Crippen LogP contribution in [0.4, 0.5) is 23.7 Å². The van der Waals surface area contributed by atoms with E-state index in [4.69, 9.17) is 21.1 Å². The van der Waals surface area contributed by atoms with Crippen molar-refractivity contribution in [3.05, 3.63) is 124 Å². The molecule has 4 aromatic carbocycles. The van der Waals surface area contributed by atoms with Crippen molar-refractivity contribution in [3.8, 4) is 11.5 Å². The number of ether oxygens (including phenoxy) is 2. The van der Waals surface area contributed by atoms with Crippen molar-refractivity contribution in [2.45, 2.75) is 45.1 Å². The second-order valence-electron chi connectivity index (χ2n) is 11.5. The number of carboxylic acids is 1. The van der Waals surface area contributed by atoms with Gasteiger partial charge in [-0.1, -0.05) is 55.8 Å². The van der Waals surface area contributed by atoms with Crippen LogP contribution in [0.2, 0.25) is 5.02 Å². The molecule has 0 saturated carbocycles. The van der Waals surface area contributed by atoms with Gasteiger partial charge in [0.1, 0.15) is 41.2 Å². The smallest absolute Gasteiger partial charge is 0.546 e. The van der Waals surface area contributed by atoms with E-state index in [2.05, 4.69) is 19.2 Å². The molecule has 0 aliphatic carbocycles. The van der Waals surface area contributed by atoms with Crippen LogP contribution in [-0.2, 0) is 17.6 Å². The third-order valence-electron chi connectivity index (χ3n) is 7.57. The molecule has 7 nitrogen and oxygen atoms in total. The fourth-order valence-electron chi connectivity index (χ4n) is 4.82.